The summed E-state index contributed by atoms with van der Waals surface area (Å²) in [5, 5.41) is 2.87. The Morgan fingerprint density at radius 3 is 2.63 bits per heavy atom. The highest BCUT2D eigenvalue weighted by molar-refractivity contribution is 5.93. The molecule has 0 saturated heterocycles. The molecule has 138 valence electrons. The number of rotatable bonds is 6. The van der Waals surface area contributed by atoms with Gasteiger partial charge in [0.1, 0.15) is 17.3 Å². The molecule has 0 spiro atoms. The van der Waals surface area contributed by atoms with Gasteiger partial charge < -0.3 is 10.2 Å². The minimum atomic E-state index is -0.243. The van der Waals surface area contributed by atoms with Crippen LogP contribution in [0.5, 0.6) is 0 Å². The first-order chi connectivity index (χ1) is 13.1. The van der Waals surface area contributed by atoms with Gasteiger partial charge in [-0.05, 0) is 50.6 Å². The van der Waals surface area contributed by atoms with E-state index in [9.17, 15) is 4.79 Å². The Balaban J connectivity index is 1.83. The van der Waals surface area contributed by atoms with Crippen molar-refractivity contribution in [1.82, 2.24) is 20.3 Å². The summed E-state index contributed by atoms with van der Waals surface area (Å²) in [4.78, 5) is 27.7. The average Bonchev–Trinajstić information content (AvgIpc) is 2.67. The molecule has 0 aliphatic rings. The summed E-state index contributed by atoms with van der Waals surface area (Å²) in [6, 6.07) is 15.5. The van der Waals surface area contributed by atoms with Crippen LogP contribution >= 0.6 is 0 Å². The average molecular weight is 361 g/mol. The molecular formula is C21H23N5O. The van der Waals surface area contributed by atoms with Gasteiger partial charge in [0, 0.05) is 24.5 Å². The van der Waals surface area contributed by atoms with Crippen LogP contribution in [0.15, 0.2) is 54.7 Å². The van der Waals surface area contributed by atoms with E-state index in [1.807, 2.05) is 30.3 Å². The highest BCUT2D eigenvalue weighted by Gasteiger charge is 2.15. The van der Waals surface area contributed by atoms with Crippen molar-refractivity contribution in [3.63, 3.8) is 0 Å². The first-order valence-electron chi connectivity index (χ1n) is 8.95. The standard InChI is InChI=1S/C21H23N5O/c1-4-26(18-10-7-8-15(2)12-18)20-13-19(24-16(3)25-20)21(27)23-14-17-9-5-6-11-22-17/h5-13H,4,14H2,1-3H3,(H,23,27). The Hall–Kier alpha value is -3.28. The topological polar surface area (TPSA) is 71.0 Å². The molecule has 0 atom stereocenters. The van der Waals surface area contributed by atoms with Gasteiger partial charge in [0.05, 0.1) is 12.2 Å². The number of benzene rings is 1. The maximum absolute atomic E-state index is 12.6. The second kappa shape index (κ2) is 8.40. The zero-order valence-electron chi connectivity index (χ0n) is 15.8. The molecule has 1 N–H and O–H groups in total. The summed E-state index contributed by atoms with van der Waals surface area (Å²) in [5.41, 5.74) is 3.35. The molecule has 0 aliphatic carbocycles. The Kier molecular flexibility index (Phi) is 5.76. The lowest BCUT2D eigenvalue weighted by Crippen LogP contribution is -2.26. The minimum absolute atomic E-state index is 0.243. The van der Waals surface area contributed by atoms with Crippen LogP contribution in [0.4, 0.5) is 11.5 Å². The molecule has 0 saturated carbocycles. The van der Waals surface area contributed by atoms with Crippen LogP contribution in [0, 0.1) is 13.8 Å². The number of nitrogens with zero attached hydrogens (tertiary/aromatic N) is 4. The van der Waals surface area contributed by atoms with Crippen LogP contribution in [0.2, 0.25) is 0 Å². The Labute approximate surface area is 159 Å². The van der Waals surface area contributed by atoms with E-state index in [-0.39, 0.29) is 5.91 Å². The Morgan fingerprint density at radius 1 is 1.07 bits per heavy atom. The molecule has 2 heterocycles. The minimum Gasteiger partial charge on any atom is -0.345 e. The number of aromatic nitrogens is 3. The van der Waals surface area contributed by atoms with Crippen molar-refractivity contribution < 1.29 is 4.79 Å². The van der Waals surface area contributed by atoms with Gasteiger partial charge in [-0.1, -0.05) is 18.2 Å². The number of hydrogen-bond acceptors (Lipinski definition) is 5. The van der Waals surface area contributed by atoms with Gasteiger partial charge in [-0.15, -0.1) is 0 Å². The van der Waals surface area contributed by atoms with E-state index in [4.69, 9.17) is 0 Å². The molecule has 6 heteroatoms. The highest BCUT2D eigenvalue weighted by Crippen LogP contribution is 2.24. The van der Waals surface area contributed by atoms with Crippen molar-refractivity contribution in [3.8, 4) is 0 Å². The van der Waals surface area contributed by atoms with Gasteiger partial charge in [0.2, 0.25) is 0 Å². The molecule has 3 aromatic rings. The normalized spacial score (nSPS) is 10.5. The molecule has 0 bridgehead atoms. The van der Waals surface area contributed by atoms with Crippen molar-refractivity contribution in [3.05, 3.63) is 77.5 Å². The van der Waals surface area contributed by atoms with Crippen molar-refractivity contribution in [2.45, 2.75) is 27.3 Å². The third-order valence-corrected chi connectivity index (χ3v) is 4.12. The van der Waals surface area contributed by atoms with Crippen molar-refractivity contribution in [2.24, 2.45) is 0 Å². The molecule has 0 aliphatic heterocycles. The first-order valence-corrected chi connectivity index (χ1v) is 8.95. The number of pyridine rings is 1. The van der Waals surface area contributed by atoms with Gasteiger partial charge in [-0.2, -0.15) is 0 Å². The predicted octanol–water partition coefficient (Wildman–Crippen LogP) is 3.58. The van der Waals surface area contributed by atoms with Crippen LogP contribution < -0.4 is 10.2 Å². The SMILES string of the molecule is CCN(c1cccc(C)c1)c1cc(C(=O)NCc2ccccn2)nc(C)n1. The molecule has 2 aromatic heterocycles. The highest BCUT2D eigenvalue weighted by atomic mass is 16.1. The van der Waals surface area contributed by atoms with E-state index in [0.29, 0.717) is 23.9 Å². The van der Waals surface area contributed by atoms with E-state index in [0.717, 1.165) is 17.9 Å². The monoisotopic (exact) mass is 361 g/mol. The van der Waals surface area contributed by atoms with Gasteiger partial charge in [0.15, 0.2) is 0 Å². The largest absolute Gasteiger partial charge is 0.345 e. The fraction of sp³-hybridized carbons (Fsp3) is 0.238. The Morgan fingerprint density at radius 2 is 1.93 bits per heavy atom. The van der Waals surface area contributed by atoms with Gasteiger partial charge in [0.25, 0.3) is 5.91 Å². The summed E-state index contributed by atoms with van der Waals surface area (Å²) in [6.07, 6.45) is 1.70. The van der Waals surface area contributed by atoms with Gasteiger partial charge in [-0.3, -0.25) is 9.78 Å². The van der Waals surface area contributed by atoms with E-state index in [1.54, 1.807) is 19.2 Å². The predicted molar refractivity (Wildman–Crippen MR) is 106 cm³/mol. The maximum atomic E-state index is 12.6. The lowest BCUT2D eigenvalue weighted by Gasteiger charge is -2.23. The van der Waals surface area contributed by atoms with Crippen molar-refractivity contribution >= 4 is 17.4 Å². The maximum Gasteiger partial charge on any atom is 0.270 e. The molecule has 6 nitrogen and oxygen atoms in total. The van der Waals surface area contributed by atoms with Crippen LogP contribution in [0.1, 0.15) is 34.5 Å². The van der Waals surface area contributed by atoms with Gasteiger partial charge >= 0.3 is 0 Å². The number of anilines is 2. The number of aryl methyl sites for hydroxylation is 2. The second-order valence-corrected chi connectivity index (χ2v) is 6.25. The third-order valence-electron chi connectivity index (χ3n) is 4.12. The number of carbonyl (C=O) groups excluding carboxylic acids is 1. The lowest BCUT2D eigenvalue weighted by molar-refractivity contribution is 0.0945. The Bertz CT molecular complexity index is 927. The van der Waals surface area contributed by atoms with Crippen LogP contribution in [0.25, 0.3) is 0 Å². The summed E-state index contributed by atoms with van der Waals surface area (Å²) in [5.74, 6) is 1.02. The quantitative estimate of drug-likeness (QED) is 0.727. The van der Waals surface area contributed by atoms with E-state index >= 15 is 0 Å². The lowest BCUT2D eigenvalue weighted by atomic mass is 10.2. The number of amides is 1. The number of hydrogen-bond donors (Lipinski definition) is 1. The summed E-state index contributed by atoms with van der Waals surface area (Å²) < 4.78 is 0. The van der Waals surface area contributed by atoms with Crippen LogP contribution in [0.3, 0.4) is 0 Å². The molecule has 3 rings (SSSR count). The van der Waals surface area contributed by atoms with E-state index < -0.39 is 0 Å². The zero-order chi connectivity index (χ0) is 19.2. The first kappa shape index (κ1) is 18.5. The molecular weight excluding hydrogens is 338 g/mol. The second-order valence-electron chi connectivity index (χ2n) is 6.25. The molecule has 27 heavy (non-hydrogen) atoms. The molecule has 1 aromatic carbocycles. The molecule has 0 unspecified atom stereocenters. The fourth-order valence-corrected chi connectivity index (χ4v) is 2.84. The molecule has 0 fully saturated rings. The van der Waals surface area contributed by atoms with Crippen molar-refractivity contribution in [1.29, 1.82) is 0 Å². The molecule has 1 amide bonds. The smallest absolute Gasteiger partial charge is 0.270 e. The van der Waals surface area contributed by atoms with Crippen LogP contribution in [-0.2, 0) is 6.54 Å². The summed E-state index contributed by atoms with van der Waals surface area (Å²) >= 11 is 0. The fourth-order valence-electron chi connectivity index (χ4n) is 2.84. The summed E-state index contributed by atoms with van der Waals surface area (Å²) in [7, 11) is 0. The number of nitrogens with one attached hydrogen (secondary N) is 1. The van der Waals surface area contributed by atoms with E-state index in [1.165, 1.54) is 5.56 Å². The van der Waals surface area contributed by atoms with Crippen molar-refractivity contribution in [2.75, 3.05) is 11.4 Å². The van der Waals surface area contributed by atoms with E-state index in [2.05, 4.69) is 51.1 Å². The third kappa shape index (κ3) is 4.67. The zero-order valence-corrected chi connectivity index (χ0v) is 15.8. The van der Waals surface area contributed by atoms with Crippen LogP contribution in [-0.4, -0.2) is 27.4 Å². The molecule has 0 radical (unpaired) electrons. The van der Waals surface area contributed by atoms with Gasteiger partial charge in [-0.25, -0.2) is 9.97 Å². The summed E-state index contributed by atoms with van der Waals surface area (Å²) in [6.45, 7) is 6.99. The number of carbonyl (C=O) groups is 1.